The van der Waals surface area contributed by atoms with Crippen LogP contribution < -0.4 is 0 Å². The van der Waals surface area contributed by atoms with Crippen molar-refractivity contribution in [3.8, 4) is 0 Å². The second kappa shape index (κ2) is 9.84. The zero-order valence-electron chi connectivity index (χ0n) is 14.2. The molecule has 0 radical (unpaired) electrons. The summed E-state index contributed by atoms with van der Waals surface area (Å²) < 4.78 is 5.69. The van der Waals surface area contributed by atoms with Gasteiger partial charge in [0.2, 0.25) is 0 Å². The van der Waals surface area contributed by atoms with Gasteiger partial charge in [0.05, 0.1) is 6.61 Å². The van der Waals surface area contributed by atoms with Gasteiger partial charge in [0, 0.05) is 6.61 Å². The van der Waals surface area contributed by atoms with Crippen molar-refractivity contribution in [2.24, 2.45) is 5.92 Å². The Morgan fingerprint density at radius 3 is 2.50 bits per heavy atom. The average molecular weight is 300 g/mol. The molecule has 0 aliphatic heterocycles. The van der Waals surface area contributed by atoms with Crippen molar-refractivity contribution in [3.05, 3.63) is 48.0 Å². The lowest BCUT2D eigenvalue weighted by Crippen LogP contribution is -2.13. The molecule has 0 aromatic heterocycles. The Balaban J connectivity index is 1.75. The van der Waals surface area contributed by atoms with Gasteiger partial charge in [0.1, 0.15) is 0 Å². The van der Waals surface area contributed by atoms with E-state index in [4.69, 9.17) is 4.74 Å². The van der Waals surface area contributed by atoms with Crippen LogP contribution in [-0.2, 0) is 11.3 Å². The van der Waals surface area contributed by atoms with Gasteiger partial charge in [0.15, 0.2) is 0 Å². The van der Waals surface area contributed by atoms with E-state index in [1.54, 1.807) is 0 Å². The summed E-state index contributed by atoms with van der Waals surface area (Å²) in [5, 5.41) is 0. The molecule has 0 atom stereocenters. The molecule has 1 aromatic carbocycles. The van der Waals surface area contributed by atoms with Crippen LogP contribution in [-0.4, -0.2) is 6.61 Å². The van der Waals surface area contributed by atoms with E-state index in [1.165, 1.54) is 56.1 Å². The smallest absolute Gasteiger partial charge is 0.0716 e. The van der Waals surface area contributed by atoms with Crippen LogP contribution in [0.15, 0.2) is 36.9 Å². The number of allylic oxidation sites excluding steroid dienone is 1. The minimum Gasteiger partial charge on any atom is -0.377 e. The largest absolute Gasteiger partial charge is 0.377 e. The number of rotatable bonds is 9. The molecule has 0 bridgehead atoms. The monoisotopic (exact) mass is 300 g/mol. The van der Waals surface area contributed by atoms with Crippen molar-refractivity contribution in [1.82, 2.24) is 0 Å². The second-order valence-corrected chi connectivity index (χ2v) is 6.73. The molecule has 1 aliphatic carbocycles. The average Bonchev–Trinajstić information content (AvgIpc) is 2.58. The van der Waals surface area contributed by atoms with Gasteiger partial charge in [-0.2, -0.15) is 0 Å². The summed E-state index contributed by atoms with van der Waals surface area (Å²) in [5.41, 5.74) is 2.83. The number of benzene rings is 1. The maximum atomic E-state index is 5.69. The van der Waals surface area contributed by atoms with Gasteiger partial charge in [-0.15, -0.1) is 6.58 Å². The highest BCUT2D eigenvalue weighted by Gasteiger charge is 2.21. The SMILES string of the molecule is C=CCC[C@H]1CC[C@H](c2ccc(COCCCC)cc2)CC1. The molecule has 0 N–H and O–H groups in total. The molecule has 22 heavy (non-hydrogen) atoms. The first-order valence-corrected chi connectivity index (χ1v) is 9.11. The summed E-state index contributed by atoms with van der Waals surface area (Å²) >= 11 is 0. The van der Waals surface area contributed by atoms with Crippen molar-refractivity contribution in [2.75, 3.05) is 6.61 Å². The van der Waals surface area contributed by atoms with Gasteiger partial charge in [0.25, 0.3) is 0 Å². The Morgan fingerprint density at radius 1 is 1.14 bits per heavy atom. The molecule has 1 fully saturated rings. The van der Waals surface area contributed by atoms with E-state index in [1.807, 2.05) is 0 Å². The number of hydrogen-bond donors (Lipinski definition) is 0. The van der Waals surface area contributed by atoms with Crippen molar-refractivity contribution >= 4 is 0 Å². The van der Waals surface area contributed by atoms with Gasteiger partial charge >= 0.3 is 0 Å². The Kier molecular flexibility index (Phi) is 7.73. The van der Waals surface area contributed by atoms with Crippen molar-refractivity contribution in [2.45, 2.75) is 70.8 Å². The van der Waals surface area contributed by atoms with E-state index in [-0.39, 0.29) is 0 Å². The van der Waals surface area contributed by atoms with E-state index < -0.39 is 0 Å². The molecule has 1 aliphatic rings. The molecular weight excluding hydrogens is 268 g/mol. The molecule has 0 unspecified atom stereocenters. The highest BCUT2D eigenvalue weighted by atomic mass is 16.5. The van der Waals surface area contributed by atoms with Gasteiger partial charge in [-0.1, -0.05) is 43.7 Å². The molecular formula is C21H32O. The van der Waals surface area contributed by atoms with E-state index in [0.717, 1.165) is 31.5 Å². The lowest BCUT2D eigenvalue weighted by atomic mass is 9.77. The number of hydrogen-bond acceptors (Lipinski definition) is 1. The molecule has 0 spiro atoms. The van der Waals surface area contributed by atoms with Crippen LogP contribution in [0.5, 0.6) is 0 Å². The highest BCUT2D eigenvalue weighted by Crippen LogP contribution is 2.37. The zero-order chi connectivity index (χ0) is 15.6. The van der Waals surface area contributed by atoms with Gasteiger partial charge in [-0.3, -0.25) is 0 Å². The molecule has 1 heteroatoms. The summed E-state index contributed by atoms with van der Waals surface area (Å²) in [6.07, 6.45) is 12.4. The first-order valence-electron chi connectivity index (χ1n) is 9.11. The molecule has 1 aromatic rings. The van der Waals surface area contributed by atoms with Crippen molar-refractivity contribution in [3.63, 3.8) is 0 Å². The Bertz CT molecular complexity index is 412. The molecule has 2 rings (SSSR count). The zero-order valence-corrected chi connectivity index (χ0v) is 14.2. The van der Waals surface area contributed by atoms with Crippen molar-refractivity contribution in [1.29, 1.82) is 0 Å². The minimum absolute atomic E-state index is 0.759. The maximum Gasteiger partial charge on any atom is 0.0716 e. The molecule has 1 nitrogen and oxygen atoms in total. The predicted octanol–water partition coefficient (Wildman–Crippen LogP) is 6.24. The Hall–Kier alpha value is -1.08. The Labute approximate surface area is 136 Å². The quantitative estimate of drug-likeness (QED) is 0.387. The third-order valence-electron chi connectivity index (χ3n) is 4.99. The normalized spacial score (nSPS) is 21.7. The third kappa shape index (κ3) is 5.61. The maximum absolute atomic E-state index is 5.69. The predicted molar refractivity (Wildman–Crippen MR) is 95.1 cm³/mol. The van der Waals surface area contributed by atoms with Crippen LogP contribution in [0, 0.1) is 5.92 Å². The van der Waals surface area contributed by atoms with E-state index in [0.29, 0.717) is 0 Å². The van der Waals surface area contributed by atoms with Gasteiger partial charge < -0.3 is 4.74 Å². The van der Waals surface area contributed by atoms with Crippen LogP contribution >= 0.6 is 0 Å². The summed E-state index contributed by atoms with van der Waals surface area (Å²) in [7, 11) is 0. The first kappa shape index (κ1) is 17.3. The molecule has 0 saturated heterocycles. The van der Waals surface area contributed by atoms with Crippen LogP contribution in [0.25, 0.3) is 0 Å². The molecule has 1 saturated carbocycles. The third-order valence-corrected chi connectivity index (χ3v) is 4.99. The molecule has 122 valence electrons. The fourth-order valence-electron chi connectivity index (χ4n) is 3.46. The molecule has 0 amide bonds. The second-order valence-electron chi connectivity index (χ2n) is 6.73. The summed E-state index contributed by atoms with van der Waals surface area (Å²) in [6, 6.07) is 9.16. The fourth-order valence-corrected chi connectivity index (χ4v) is 3.46. The number of unbranched alkanes of at least 4 members (excludes halogenated alkanes) is 1. The number of ether oxygens (including phenoxy) is 1. The highest BCUT2D eigenvalue weighted by molar-refractivity contribution is 5.25. The van der Waals surface area contributed by atoms with Crippen LogP contribution in [0.3, 0.4) is 0 Å². The van der Waals surface area contributed by atoms with Gasteiger partial charge in [-0.25, -0.2) is 0 Å². The van der Waals surface area contributed by atoms with Crippen LogP contribution in [0.1, 0.15) is 75.3 Å². The lowest BCUT2D eigenvalue weighted by molar-refractivity contribution is 0.118. The van der Waals surface area contributed by atoms with Gasteiger partial charge in [-0.05, 0) is 67.9 Å². The standard InChI is InChI=1S/C21H32O/c1-3-5-7-18-8-12-20(13-9-18)21-14-10-19(11-15-21)17-22-16-6-4-2/h3,10-11,14-15,18,20H,1,4-9,12-13,16-17H2,2H3/t18-,20-. The Morgan fingerprint density at radius 2 is 1.86 bits per heavy atom. The van der Waals surface area contributed by atoms with Crippen molar-refractivity contribution < 1.29 is 4.74 Å². The van der Waals surface area contributed by atoms with E-state index >= 15 is 0 Å². The molecule has 0 heterocycles. The first-order chi connectivity index (χ1) is 10.8. The lowest BCUT2D eigenvalue weighted by Gasteiger charge is -2.28. The topological polar surface area (TPSA) is 9.23 Å². The van der Waals surface area contributed by atoms with Crippen LogP contribution in [0.2, 0.25) is 0 Å². The fraction of sp³-hybridized carbons (Fsp3) is 0.619. The van der Waals surface area contributed by atoms with E-state index in [2.05, 4.69) is 43.8 Å². The summed E-state index contributed by atoms with van der Waals surface area (Å²) in [6.45, 7) is 7.68. The van der Waals surface area contributed by atoms with E-state index in [9.17, 15) is 0 Å². The van der Waals surface area contributed by atoms with Crippen LogP contribution in [0.4, 0.5) is 0 Å². The summed E-state index contributed by atoms with van der Waals surface area (Å²) in [4.78, 5) is 0. The minimum atomic E-state index is 0.759. The summed E-state index contributed by atoms with van der Waals surface area (Å²) in [5.74, 6) is 1.70.